The topological polar surface area (TPSA) is 79.7 Å². The molecule has 0 rings (SSSR count). The van der Waals surface area contributed by atoms with Crippen LogP contribution in [0.3, 0.4) is 0 Å². The summed E-state index contributed by atoms with van der Waals surface area (Å²) >= 11 is 0. The van der Waals surface area contributed by atoms with Gasteiger partial charge in [-0.2, -0.15) is 0 Å². The maximum Gasteiger partial charge on any atom is 0.0781 e. The average molecular weight is 220 g/mol. The number of hydrogen-bond donors (Lipinski definition) is 2. The van der Waals surface area contributed by atoms with Gasteiger partial charge in [-0.1, -0.05) is 0 Å². The van der Waals surface area contributed by atoms with E-state index < -0.39 is 0 Å². The van der Waals surface area contributed by atoms with Crippen LogP contribution in [-0.4, -0.2) is 51.7 Å². The van der Waals surface area contributed by atoms with Crippen LogP contribution in [0.15, 0.2) is 0 Å². The zero-order valence-electron chi connectivity index (χ0n) is 9.78. The second-order valence-corrected chi connectivity index (χ2v) is 3.48. The summed E-state index contributed by atoms with van der Waals surface area (Å²) in [6, 6.07) is 0. The van der Waals surface area contributed by atoms with Crippen molar-refractivity contribution in [1.29, 1.82) is 0 Å². The standard InChI is InChI=1S/C10H24N2O3/c1-9(7-13-5-3-11)15-8-10(2)14-6-4-12/h9-10H,3-8,11-12H2,1-2H3. The molecule has 0 saturated carbocycles. The van der Waals surface area contributed by atoms with Crippen LogP contribution >= 0.6 is 0 Å². The molecule has 0 aliphatic carbocycles. The molecule has 15 heavy (non-hydrogen) atoms. The molecule has 0 aliphatic rings. The number of nitrogens with two attached hydrogens (primary N) is 2. The highest BCUT2D eigenvalue weighted by Gasteiger charge is 2.06. The van der Waals surface area contributed by atoms with Gasteiger partial charge in [0.05, 0.1) is 38.6 Å². The van der Waals surface area contributed by atoms with Crippen LogP contribution in [0.4, 0.5) is 0 Å². The van der Waals surface area contributed by atoms with Gasteiger partial charge in [0, 0.05) is 13.1 Å². The quantitative estimate of drug-likeness (QED) is 0.495. The van der Waals surface area contributed by atoms with Crippen LogP contribution in [0.5, 0.6) is 0 Å². The summed E-state index contributed by atoms with van der Waals surface area (Å²) in [6.07, 6.45) is 0.144. The molecule has 4 N–H and O–H groups in total. The Kier molecular flexibility index (Phi) is 10.2. The Hall–Kier alpha value is -0.200. The van der Waals surface area contributed by atoms with Crippen LogP contribution < -0.4 is 11.5 Å². The minimum atomic E-state index is 0.0699. The molecule has 0 aliphatic heterocycles. The first kappa shape index (κ1) is 14.8. The smallest absolute Gasteiger partial charge is 0.0781 e. The van der Waals surface area contributed by atoms with E-state index in [-0.39, 0.29) is 12.2 Å². The molecule has 5 heteroatoms. The molecule has 0 heterocycles. The molecule has 0 amide bonds. The molecule has 0 aromatic rings. The van der Waals surface area contributed by atoms with Gasteiger partial charge in [-0.3, -0.25) is 0 Å². The van der Waals surface area contributed by atoms with E-state index in [1.165, 1.54) is 0 Å². The third kappa shape index (κ3) is 10.1. The van der Waals surface area contributed by atoms with Gasteiger partial charge in [0.1, 0.15) is 0 Å². The average Bonchev–Trinajstić information content (AvgIpc) is 2.24. The highest BCUT2D eigenvalue weighted by atomic mass is 16.6. The van der Waals surface area contributed by atoms with Crippen LogP contribution in [0, 0.1) is 0 Å². The number of rotatable bonds is 10. The largest absolute Gasteiger partial charge is 0.377 e. The van der Waals surface area contributed by atoms with Crippen molar-refractivity contribution in [2.75, 3.05) is 39.5 Å². The predicted molar refractivity (Wildman–Crippen MR) is 59.8 cm³/mol. The predicted octanol–water partition coefficient (Wildman–Crippen LogP) is -0.269. The maximum atomic E-state index is 5.52. The lowest BCUT2D eigenvalue weighted by Gasteiger charge is -2.17. The summed E-state index contributed by atoms with van der Waals surface area (Å²) in [5.74, 6) is 0. The summed E-state index contributed by atoms with van der Waals surface area (Å²) in [5.41, 5.74) is 10.6. The highest BCUT2D eigenvalue weighted by Crippen LogP contribution is 1.97. The van der Waals surface area contributed by atoms with Crippen molar-refractivity contribution in [3.63, 3.8) is 0 Å². The van der Waals surface area contributed by atoms with Crippen LogP contribution in [0.25, 0.3) is 0 Å². The fraction of sp³-hybridized carbons (Fsp3) is 1.00. The number of hydrogen-bond acceptors (Lipinski definition) is 5. The van der Waals surface area contributed by atoms with Gasteiger partial charge in [-0.15, -0.1) is 0 Å². The van der Waals surface area contributed by atoms with Crippen molar-refractivity contribution in [2.24, 2.45) is 11.5 Å². The molecule has 0 bridgehead atoms. The van der Waals surface area contributed by atoms with E-state index in [9.17, 15) is 0 Å². The van der Waals surface area contributed by atoms with E-state index in [4.69, 9.17) is 25.7 Å². The molecule has 0 spiro atoms. The SMILES string of the molecule is CC(COCCN)OCC(C)OCCN. The molecule has 0 saturated heterocycles. The zero-order chi connectivity index (χ0) is 11.5. The van der Waals surface area contributed by atoms with E-state index >= 15 is 0 Å². The van der Waals surface area contributed by atoms with Crippen LogP contribution in [0.1, 0.15) is 13.8 Å². The van der Waals surface area contributed by atoms with E-state index in [1.807, 2.05) is 13.8 Å². The summed E-state index contributed by atoms with van der Waals surface area (Å²) in [7, 11) is 0. The Balaban J connectivity index is 3.31. The van der Waals surface area contributed by atoms with Crippen molar-refractivity contribution < 1.29 is 14.2 Å². The fourth-order valence-corrected chi connectivity index (χ4v) is 0.998. The zero-order valence-corrected chi connectivity index (χ0v) is 9.78. The van der Waals surface area contributed by atoms with Crippen LogP contribution in [0.2, 0.25) is 0 Å². The minimum Gasteiger partial charge on any atom is -0.377 e. The molecule has 0 aromatic carbocycles. The van der Waals surface area contributed by atoms with Gasteiger partial charge in [0.25, 0.3) is 0 Å². The molecule has 2 atom stereocenters. The van der Waals surface area contributed by atoms with E-state index in [0.29, 0.717) is 39.5 Å². The van der Waals surface area contributed by atoms with Crippen molar-refractivity contribution >= 4 is 0 Å². The summed E-state index contributed by atoms with van der Waals surface area (Å²) in [4.78, 5) is 0. The van der Waals surface area contributed by atoms with E-state index in [1.54, 1.807) is 0 Å². The Labute approximate surface area is 92.0 Å². The fourth-order valence-electron chi connectivity index (χ4n) is 0.998. The van der Waals surface area contributed by atoms with Gasteiger partial charge >= 0.3 is 0 Å². The molecule has 0 radical (unpaired) electrons. The first-order chi connectivity index (χ1) is 7.20. The summed E-state index contributed by atoms with van der Waals surface area (Å²) < 4.78 is 16.1. The normalized spacial score (nSPS) is 15.2. The molecule has 0 aromatic heterocycles. The highest BCUT2D eigenvalue weighted by molar-refractivity contribution is 4.52. The third-order valence-corrected chi connectivity index (χ3v) is 1.75. The Bertz CT molecular complexity index is 136. The van der Waals surface area contributed by atoms with Gasteiger partial charge < -0.3 is 25.7 Å². The van der Waals surface area contributed by atoms with Crippen molar-refractivity contribution in [2.45, 2.75) is 26.1 Å². The first-order valence-corrected chi connectivity index (χ1v) is 5.41. The first-order valence-electron chi connectivity index (χ1n) is 5.41. The van der Waals surface area contributed by atoms with Gasteiger partial charge in [0.2, 0.25) is 0 Å². The third-order valence-electron chi connectivity index (χ3n) is 1.75. The Morgan fingerprint density at radius 3 is 2.07 bits per heavy atom. The molecular formula is C10H24N2O3. The molecule has 0 fully saturated rings. The molecule has 2 unspecified atom stereocenters. The second-order valence-electron chi connectivity index (χ2n) is 3.48. The van der Waals surface area contributed by atoms with Crippen molar-refractivity contribution in [3.05, 3.63) is 0 Å². The molecule has 5 nitrogen and oxygen atoms in total. The summed E-state index contributed by atoms with van der Waals surface area (Å²) in [6.45, 7) is 7.29. The Morgan fingerprint density at radius 2 is 1.47 bits per heavy atom. The van der Waals surface area contributed by atoms with Crippen LogP contribution in [-0.2, 0) is 14.2 Å². The van der Waals surface area contributed by atoms with Crippen molar-refractivity contribution in [1.82, 2.24) is 0 Å². The van der Waals surface area contributed by atoms with Gasteiger partial charge in [-0.05, 0) is 13.8 Å². The lowest BCUT2D eigenvalue weighted by Crippen LogP contribution is -2.25. The van der Waals surface area contributed by atoms with E-state index in [2.05, 4.69) is 0 Å². The summed E-state index contributed by atoms with van der Waals surface area (Å²) in [5, 5.41) is 0. The second kappa shape index (κ2) is 10.3. The molecular weight excluding hydrogens is 196 g/mol. The monoisotopic (exact) mass is 220 g/mol. The lowest BCUT2D eigenvalue weighted by atomic mass is 10.4. The van der Waals surface area contributed by atoms with Gasteiger partial charge in [-0.25, -0.2) is 0 Å². The van der Waals surface area contributed by atoms with E-state index in [0.717, 1.165) is 0 Å². The Morgan fingerprint density at radius 1 is 0.867 bits per heavy atom. The number of ether oxygens (including phenoxy) is 3. The minimum absolute atomic E-state index is 0.0699. The molecule has 92 valence electrons. The lowest BCUT2D eigenvalue weighted by molar-refractivity contribution is -0.0547. The van der Waals surface area contributed by atoms with Crippen molar-refractivity contribution in [3.8, 4) is 0 Å². The van der Waals surface area contributed by atoms with Gasteiger partial charge in [0.15, 0.2) is 0 Å². The maximum absolute atomic E-state index is 5.52.